The molecule has 8 rings (SSSR count). The van der Waals surface area contributed by atoms with Crippen LogP contribution in [0.2, 0.25) is 0 Å². The number of allylic oxidation sites excluding steroid dienone is 2. The predicted octanol–water partition coefficient (Wildman–Crippen LogP) is 0.799. The smallest absolute Gasteiger partial charge is 0.310 e. The van der Waals surface area contributed by atoms with Crippen LogP contribution in [0.1, 0.15) is 113 Å². The number of hydrogen-bond acceptors (Lipinski definition) is 17. The molecule has 11 N–H and O–H groups in total. The molecule has 0 amide bonds. The van der Waals surface area contributed by atoms with Crippen LogP contribution in [0.3, 0.4) is 0 Å². The number of fused-ring (bicyclic) bond motifs is 7. The first-order chi connectivity index (χ1) is 31.3. The van der Waals surface area contributed by atoms with Gasteiger partial charge in [-0.1, -0.05) is 46.3 Å². The summed E-state index contributed by atoms with van der Waals surface area (Å²) in [6.45, 7) is 13.0. The van der Waals surface area contributed by atoms with Crippen molar-refractivity contribution in [2.45, 2.75) is 211 Å². The Morgan fingerprint density at radius 2 is 1.19 bits per heavy atom. The summed E-state index contributed by atoms with van der Waals surface area (Å²) in [5, 5.41) is 118. The minimum absolute atomic E-state index is 0.0914. The molecule has 24 unspecified atom stereocenters. The predicted molar refractivity (Wildman–Crippen MR) is 231 cm³/mol. The van der Waals surface area contributed by atoms with Gasteiger partial charge < -0.3 is 84.6 Å². The van der Waals surface area contributed by atoms with Crippen molar-refractivity contribution in [2.75, 3.05) is 13.2 Å². The lowest BCUT2D eigenvalue weighted by Gasteiger charge is -2.71. The van der Waals surface area contributed by atoms with Gasteiger partial charge in [-0.25, -0.2) is 0 Å². The average molecular weight is 957 g/mol. The van der Waals surface area contributed by atoms with Crippen molar-refractivity contribution in [3.8, 4) is 0 Å². The monoisotopic (exact) mass is 956 g/mol. The van der Waals surface area contributed by atoms with Gasteiger partial charge in [0.15, 0.2) is 18.9 Å². The number of rotatable bonds is 10. The molecule has 3 saturated heterocycles. The van der Waals surface area contributed by atoms with E-state index in [1.54, 1.807) is 6.92 Å². The highest BCUT2D eigenvalue weighted by molar-refractivity contribution is 5.79. The number of carboxylic acid groups (broad SMARTS) is 2. The summed E-state index contributed by atoms with van der Waals surface area (Å²) in [6.07, 6.45) is -16.6. The third-order valence-corrected chi connectivity index (χ3v) is 19.6. The highest BCUT2D eigenvalue weighted by Crippen LogP contribution is 2.76. The van der Waals surface area contributed by atoms with Gasteiger partial charge in [-0.3, -0.25) is 9.59 Å². The van der Waals surface area contributed by atoms with Crippen molar-refractivity contribution in [3.63, 3.8) is 0 Å². The maximum atomic E-state index is 13.2. The van der Waals surface area contributed by atoms with Gasteiger partial charge in [0.25, 0.3) is 0 Å². The summed E-state index contributed by atoms with van der Waals surface area (Å²) in [5.74, 6) is -1.83. The maximum absolute atomic E-state index is 13.2. The van der Waals surface area contributed by atoms with E-state index in [0.29, 0.717) is 32.1 Å². The molecule has 8 aliphatic rings. The summed E-state index contributed by atoms with van der Waals surface area (Å²) in [7, 11) is 0. The number of aliphatic hydroxyl groups is 9. The van der Waals surface area contributed by atoms with Crippen LogP contribution in [0, 0.1) is 50.2 Å². The second-order valence-electron chi connectivity index (χ2n) is 23.2. The van der Waals surface area contributed by atoms with Gasteiger partial charge in [0.05, 0.1) is 36.3 Å². The molecule has 19 nitrogen and oxygen atoms in total. The van der Waals surface area contributed by atoms with Crippen molar-refractivity contribution in [1.29, 1.82) is 0 Å². The Balaban J connectivity index is 1.06. The van der Waals surface area contributed by atoms with E-state index < -0.39 is 140 Å². The van der Waals surface area contributed by atoms with Crippen LogP contribution in [0.5, 0.6) is 0 Å². The molecule has 3 aliphatic heterocycles. The number of aliphatic carboxylic acids is 2. The van der Waals surface area contributed by atoms with E-state index in [9.17, 15) is 65.8 Å². The molecule has 19 heteroatoms. The third kappa shape index (κ3) is 7.88. The highest BCUT2D eigenvalue weighted by atomic mass is 16.8. The van der Waals surface area contributed by atoms with E-state index in [-0.39, 0.29) is 40.4 Å². The first-order valence-electron chi connectivity index (χ1n) is 24.3. The van der Waals surface area contributed by atoms with Crippen LogP contribution in [0.15, 0.2) is 11.6 Å². The van der Waals surface area contributed by atoms with Crippen LogP contribution in [0.25, 0.3) is 0 Å². The fraction of sp³-hybridized carbons (Fsp3) is 0.917. The number of carboxylic acids is 2. The van der Waals surface area contributed by atoms with E-state index >= 15 is 0 Å². The molecule has 24 atom stereocenters. The molecule has 0 radical (unpaired) electrons. The van der Waals surface area contributed by atoms with E-state index in [0.717, 1.165) is 31.3 Å². The quantitative estimate of drug-likeness (QED) is 0.107. The van der Waals surface area contributed by atoms with Gasteiger partial charge >= 0.3 is 11.9 Å². The molecule has 7 fully saturated rings. The lowest BCUT2D eigenvalue weighted by Crippen LogP contribution is -2.67. The van der Waals surface area contributed by atoms with E-state index in [2.05, 4.69) is 40.7 Å². The zero-order valence-electron chi connectivity index (χ0n) is 39.7. The van der Waals surface area contributed by atoms with Crippen LogP contribution in [-0.4, -0.2) is 180 Å². The molecule has 0 spiro atoms. The van der Waals surface area contributed by atoms with Gasteiger partial charge in [-0.15, -0.1) is 0 Å². The van der Waals surface area contributed by atoms with Crippen LogP contribution in [0.4, 0.5) is 0 Å². The fourth-order valence-corrected chi connectivity index (χ4v) is 15.1. The normalized spacial score (nSPS) is 54.1. The summed E-state index contributed by atoms with van der Waals surface area (Å²) in [4.78, 5) is 25.8. The molecule has 0 aromatic carbocycles. The Kier molecular flexibility index (Phi) is 13.8. The SMILES string of the molecule is CC1OC(OC2C(OC3C(OC4CCC5(C)C(CCC6(C)C5CC=C5C7CC(C)(C(=O)O)CCC7(C(=O)O)CCC56C)C4(C)C)OC(CO)C(O)C3O)OC(CO)C(O)C2O)C(O)C(O)C1O. The van der Waals surface area contributed by atoms with Crippen molar-refractivity contribution in [3.05, 3.63) is 11.6 Å². The van der Waals surface area contributed by atoms with Crippen molar-refractivity contribution in [1.82, 2.24) is 0 Å². The lowest BCUT2D eigenvalue weighted by molar-refractivity contribution is -0.397. The van der Waals surface area contributed by atoms with Gasteiger partial charge in [-0.05, 0) is 117 Å². The maximum Gasteiger partial charge on any atom is 0.310 e. The molecule has 382 valence electrons. The van der Waals surface area contributed by atoms with Crippen LogP contribution >= 0.6 is 0 Å². The molecule has 67 heavy (non-hydrogen) atoms. The standard InChI is InChI=1S/C48H76O19/c1-21-29(51)32(54)35(57)38(62-21)66-37-34(56)31(53)25(20-50)64-40(37)67-36-33(55)30(52)24(19-49)63-39(36)65-28-11-12-45(5)26(43(28,2)3)10-13-47(7)27(45)9-8-22-23-18-44(4,41(58)59)14-16-48(23,42(60)61)17-15-46(22,47)6/h8,21,23-40,49-57H,9-20H2,1-7H3,(H,58,59)(H,60,61). The Bertz CT molecular complexity index is 1880. The van der Waals surface area contributed by atoms with E-state index in [1.165, 1.54) is 6.92 Å². The molecule has 5 aliphatic carbocycles. The van der Waals surface area contributed by atoms with E-state index in [4.69, 9.17) is 28.4 Å². The van der Waals surface area contributed by atoms with Gasteiger partial charge in [0.2, 0.25) is 0 Å². The third-order valence-electron chi connectivity index (χ3n) is 19.6. The van der Waals surface area contributed by atoms with E-state index in [1.807, 2.05) is 0 Å². The Morgan fingerprint density at radius 1 is 0.627 bits per heavy atom. The first-order valence-corrected chi connectivity index (χ1v) is 24.3. The Hall–Kier alpha value is -1.92. The van der Waals surface area contributed by atoms with Gasteiger partial charge in [0.1, 0.15) is 67.1 Å². The largest absolute Gasteiger partial charge is 0.481 e. The number of ether oxygens (including phenoxy) is 6. The number of hydrogen-bond donors (Lipinski definition) is 11. The molecular weight excluding hydrogens is 881 g/mol. The molecule has 0 aromatic heterocycles. The molecule has 3 heterocycles. The molecule has 0 bridgehead atoms. The Morgan fingerprint density at radius 3 is 1.76 bits per heavy atom. The second kappa shape index (κ2) is 18.0. The second-order valence-corrected chi connectivity index (χ2v) is 23.2. The summed E-state index contributed by atoms with van der Waals surface area (Å²) >= 11 is 0. The van der Waals surface area contributed by atoms with Crippen molar-refractivity contribution >= 4 is 11.9 Å². The minimum Gasteiger partial charge on any atom is -0.481 e. The zero-order chi connectivity index (χ0) is 49.1. The molecule has 4 saturated carbocycles. The summed E-state index contributed by atoms with van der Waals surface area (Å²) in [5.41, 5.74) is -2.27. The van der Waals surface area contributed by atoms with Crippen molar-refractivity contribution in [2.24, 2.45) is 50.2 Å². The average Bonchev–Trinajstić information content (AvgIpc) is 3.27. The fourth-order valence-electron chi connectivity index (χ4n) is 15.1. The molecular formula is C48H76O19. The molecule has 0 aromatic rings. The topological polar surface area (TPSA) is 312 Å². The van der Waals surface area contributed by atoms with Crippen LogP contribution < -0.4 is 0 Å². The summed E-state index contributed by atoms with van der Waals surface area (Å²) < 4.78 is 36.7. The van der Waals surface area contributed by atoms with Crippen molar-refractivity contribution < 1.29 is 94.2 Å². The van der Waals surface area contributed by atoms with Gasteiger partial charge in [-0.2, -0.15) is 0 Å². The highest BCUT2D eigenvalue weighted by Gasteiger charge is 2.70. The summed E-state index contributed by atoms with van der Waals surface area (Å²) in [6, 6.07) is 0. The number of aliphatic hydroxyl groups excluding tert-OH is 9. The first kappa shape index (κ1) is 51.4. The lowest BCUT2D eigenvalue weighted by atomic mass is 9.33. The zero-order valence-corrected chi connectivity index (χ0v) is 39.7. The Labute approximate surface area is 391 Å². The number of carbonyl (C=O) groups is 2. The minimum atomic E-state index is -1.86. The van der Waals surface area contributed by atoms with Gasteiger partial charge in [0, 0.05) is 0 Å². The van der Waals surface area contributed by atoms with Crippen LogP contribution in [-0.2, 0) is 38.0 Å².